The Bertz CT molecular complexity index is 366. The van der Waals surface area contributed by atoms with Gasteiger partial charge in [-0.25, -0.2) is 0 Å². The first kappa shape index (κ1) is 13.0. The molecule has 0 aromatic heterocycles. The second kappa shape index (κ2) is 5.88. The quantitative estimate of drug-likeness (QED) is 0.580. The lowest BCUT2D eigenvalue weighted by Gasteiger charge is -2.07. The lowest BCUT2D eigenvalue weighted by molar-refractivity contribution is 0.0988. The first-order chi connectivity index (χ1) is 7.06. The Hall–Kier alpha value is -0.0500. The SMILES string of the molecule is CCCC(Br)C(=O)c1ccc(Cl)c(Cl)c1. The van der Waals surface area contributed by atoms with E-state index in [0.29, 0.717) is 15.6 Å². The number of rotatable bonds is 4. The molecule has 82 valence electrons. The van der Waals surface area contributed by atoms with E-state index in [1.807, 2.05) is 6.92 Å². The van der Waals surface area contributed by atoms with Crippen LogP contribution in [0.5, 0.6) is 0 Å². The van der Waals surface area contributed by atoms with Crippen LogP contribution in [0.15, 0.2) is 18.2 Å². The zero-order valence-corrected chi connectivity index (χ0v) is 11.4. The lowest BCUT2D eigenvalue weighted by atomic mass is 10.1. The molecule has 0 aliphatic carbocycles. The molecule has 0 fully saturated rings. The molecule has 0 spiro atoms. The van der Waals surface area contributed by atoms with Gasteiger partial charge in [0.1, 0.15) is 0 Å². The average Bonchev–Trinajstić information content (AvgIpc) is 2.21. The molecule has 4 heteroatoms. The third-order valence-electron chi connectivity index (χ3n) is 2.03. The predicted octanol–water partition coefficient (Wildman–Crippen LogP) is 4.74. The molecule has 1 aromatic rings. The van der Waals surface area contributed by atoms with Crippen LogP contribution in [0.1, 0.15) is 30.1 Å². The minimum atomic E-state index is -0.139. The van der Waals surface area contributed by atoms with Gasteiger partial charge in [-0.2, -0.15) is 0 Å². The zero-order chi connectivity index (χ0) is 11.4. The number of ketones is 1. The molecule has 0 bridgehead atoms. The molecule has 1 nitrogen and oxygen atoms in total. The molecule has 1 rings (SSSR count). The monoisotopic (exact) mass is 308 g/mol. The summed E-state index contributed by atoms with van der Waals surface area (Å²) in [5, 5.41) is 0.883. The van der Waals surface area contributed by atoms with E-state index in [4.69, 9.17) is 23.2 Å². The summed E-state index contributed by atoms with van der Waals surface area (Å²) in [6.07, 6.45) is 1.78. The maximum Gasteiger partial charge on any atom is 0.176 e. The standard InChI is InChI=1S/C11H11BrCl2O/c1-2-3-8(12)11(15)7-4-5-9(13)10(14)6-7/h4-6,8H,2-3H2,1H3. The third-order valence-corrected chi connectivity index (χ3v) is 3.64. The van der Waals surface area contributed by atoms with Gasteiger partial charge in [0.2, 0.25) is 0 Å². The fraction of sp³-hybridized carbons (Fsp3) is 0.364. The van der Waals surface area contributed by atoms with Gasteiger partial charge in [0.25, 0.3) is 0 Å². The van der Waals surface area contributed by atoms with Crippen LogP contribution in [0.3, 0.4) is 0 Å². The second-order valence-electron chi connectivity index (χ2n) is 3.25. The Balaban J connectivity index is 2.87. The van der Waals surface area contributed by atoms with E-state index in [-0.39, 0.29) is 10.6 Å². The number of hydrogen-bond acceptors (Lipinski definition) is 1. The average molecular weight is 310 g/mol. The molecule has 0 aliphatic heterocycles. The van der Waals surface area contributed by atoms with Crippen LogP contribution in [-0.4, -0.2) is 10.6 Å². The van der Waals surface area contributed by atoms with Gasteiger partial charge in [0.05, 0.1) is 14.9 Å². The molecule has 1 unspecified atom stereocenters. The Morgan fingerprint density at radius 3 is 2.60 bits per heavy atom. The summed E-state index contributed by atoms with van der Waals surface area (Å²) in [6.45, 7) is 2.04. The van der Waals surface area contributed by atoms with E-state index in [1.165, 1.54) is 0 Å². The van der Waals surface area contributed by atoms with Crippen molar-refractivity contribution >= 4 is 44.9 Å². The van der Waals surface area contributed by atoms with Crippen molar-refractivity contribution < 1.29 is 4.79 Å². The number of halogens is 3. The van der Waals surface area contributed by atoms with E-state index in [0.717, 1.165) is 12.8 Å². The highest BCUT2D eigenvalue weighted by Crippen LogP contribution is 2.24. The summed E-state index contributed by atoms with van der Waals surface area (Å²) in [5.41, 5.74) is 0.597. The van der Waals surface area contributed by atoms with Gasteiger partial charge in [-0.05, 0) is 24.6 Å². The van der Waals surface area contributed by atoms with E-state index in [1.54, 1.807) is 18.2 Å². The summed E-state index contributed by atoms with van der Waals surface area (Å²) in [7, 11) is 0. The van der Waals surface area contributed by atoms with Crippen molar-refractivity contribution in [2.24, 2.45) is 0 Å². The largest absolute Gasteiger partial charge is 0.293 e. The van der Waals surface area contributed by atoms with Gasteiger partial charge in [-0.1, -0.05) is 52.5 Å². The first-order valence-electron chi connectivity index (χ1n) is 4.69. The van der Waals surface area contributed by atoms with Crippen molar-refractivity contribution in [2.45, 2.75) is 24.6 Å². The van der Waals surface area contributed by atoms with Gasteiger partial charge in [-0.3, -0.25) is 4.79 Å². The molecule has 0 saturated heterocycles. The molecule has 15 heavy (non-hydrogen) atoms. The highest BCUT2D eigenvalue weighted by Gasteiger charge is 2.16. The molecule has 1 aromatic carbocycles. The molecule has 0 saturated carbocycles. The molecule has 0 aliphatic rings. The van der Waals surface area contributed by atoms with Crippen molar-refractivity contribution in [3.8, 4) is 0 Å². The van der Waals surface area contributed by atoms with Crippen molar-refractivity contribution in [1.29, 1.82) is 0 Å². The number of alkyl halides is 1. The number of benzene rings is 1. The third kappa shape index (κ3) is 3.47. The van der Waals surface area contributed by atoms with Crippen molar-refractivity contribution in [3.05, 3.63) is 33.8 Å². The Labute approximate surface area is 108 Å². The van der Waals surface area contributed by atoms with Crippen molar-refractivity contribution in [3.63, 3.8) is 0 Å². The molecular formula is C11H11BrCl2O. The van der Waals surface area contributed by atoms with E-state index in [9.17, 15) is 4.79 Å². The lowest BCUT2D eigenvalue weighted by Crippen LogP contribution is -2.13. The number of Topliss-reactive ketones (excluding diaryl/α,β-unsaturated/α-hetero) is 1. The molecule has 0 amide bonds. The Kier molecular flexibility index (Phi) is 5.10. The second-order valence-corrected chi connectivity index (χ2v) is 5.17. The highest BCUT2D eigenvalue weighted by molar-refractivity contribution is 9.10. The molecular weight excluding hydrogens is 299 g/mol. The summed E-state index contributed by atoms with van der Waals surface area (Å²) in [6, 6.07) is 4.94. The summed E-state index contributed by atoms with van der Waals surface area (Å²) >= 11 is 15.0. The minimum absolute atomic E-state index is 0.0513. The van der Waals surface area contributed by atoms with Gasteiger partial charge in [-0.15, -0.1) is 0 Å². The normalized spacial score (nSPS) is 12.5. The summed E-state index contributed by atoms with van der Waals surface area (Å²) < 4.78 is 0. The van der Waals surface area contributed by atoms with Crippen LogP contribution in [0.2, 0.25) is 10.0 Å². The van der Waals surface area contributed by atoms with Crippen molar-refractivity contribution in [1.82, 2.24) is 0 Å². The summed E-state index contributed by atoms with van der Waals surface area (Å²) in [4.78, 5) is 11.7. The molecule has 1 atom stereocenters. The molecule has 0 N–H and O–H groups in total. The number of carbonyl (C=O) groups is 1. The molecule has 0 heterocycles. The van der Waals surface area contributed by atoms with Gasteiger partial charge in [0, 0.05) is 5.56 Å². The van der Waals surface area contributed by atoms with Gasteiger partial charge < -0.3 is 0 Å². The van der Waals surface area contributed by atoms with Crippen LogP contribution in [-0.2, 0) is 0 Å². The van der Waals surface area contributed by atoms with Crippen LogP contribution >= 0.6 is 39.1 Å². The van der Waals surface area contributed by atoms with Crippen LogP contribution in [0, 0.1) is 0 Å². The smallest absolute Gasteiger partial charge is 0.176 e. The fourth-order valence-corrected chi connectivity index (χ4v) is 2.24. The van der Waals surface area contributed by atoms with Crippen LogP contribution in [0.4, 0.5) is 0 Å². The predicted molar refractivity (Wildman–Crippen MR) is 68.4 cm³/mol. The number of carbonyl (C=O) groups excluding carboxylic acids is 1. The Morgan fingerprint density at radius 1 is 1.40 bits per heavy atom. The molecule has 0 radical (unpaired) electrons. The fourth-order valence-electron chi connectivity index (χ4n) is 1.21. The highest BCUT2D eigenvalue weighted by atomic mass is 79.9. The van der Waals surface area contributed by atoms with E-state index < -0.39 is 0 Å². The maximum atomic E-state index is 11.8. The van der Waals surface area contributed by atoms with Gasteiger partial charge in [0.15, 0.2) is 5.78 Å². The van der Waals surface area contributed by atoms with E-state index >= 15 is 0 Å². The summed E-state index contributed by atoms with van der Waals surface area (Å²) in [5.74, 6) is 0.0513. The van der Waals surface area contributed by atoms with Crippen LogP contribution in [0.25, 0.3) is 0 Å². The van der Waals surface area contributed by atoms with Crippen molar-refractivity contribution in [2.75, 3.05) is 0 Å². The topological polar surface area (TPSA) is 17.1 Å². The number of hydrogen-bond donors (Lipinski definition) is 0. The Morgan fingerprint density at radius 2 is 2.07 bits per heavy atom. The van der Waals surface area contributed by atoms with Crippen LogP contribution < -0.4 is 0 Å². The zero-order valence-electron chi connectivity index (χ0n) is 8.27. The maximum absolute atomic E-state index is 11.8. The van der Waals surface area contributed by atoms with E-state index in [2.05, 4.69) is 15.9 Å². The minimum Gasteiger partial charge on any atom is -0.293 e. The van der Waals surface area contributed by atoms with Gasteiger partial charge >= 0.3 is 0 Å². The first-order valence-corrected chi connectivity index (χ1v) is 6.36.